The first-order chi connectivity index (χ1) is 11.7. The highest BCUT2D eigenvalue weighted by Gasteiger charge is 2.23. The Balaban J connectivity index is 1.41. The lowest BCUT2D eigenvalue weighted by Crippen LogP contribution is -2.29. The van der Waals surface area contributed by atoms with Gasteiger partial charge in [-0.05, 0) is 36.6 Å². The van der Waals surface area contributed by atoms with Crippen LogP contribution in [0.5, 0.6) is 0 Å². The van der Waals surface area contributed by atoms with Crippen LogP contribution in [0, 0.1) is 0 Å². The second-order valence-corrected chi connectivity index (χ2v) is 7.09. The Morgan fingerprint density at radius 1 is 1.08 bits per heavy atom. The summed E-state index contributed by atoms with van der Waals surface area (Å²) in [6.07, 6.45) is 2.08. The third-order valence-electron chi connectivity index (χ3n) is 4.49. The highest BCUT2D eigenvalue weighted by molar-refractivity contribution is 7.13. The summed E-state index contributed by atoms with van der Waals surface area (Å²) in [5, 5.41) is 0.766. The summed E-state index contributed by atoms with van der Waals surface area (Å²) < 4.78 is 2.76. The van der Waals surface area contributed by atoms with E-state index in [2.05, 4.69) is 6.07 Å². The van der Waals surface area contributed by atoms with E-state index in [0.717, 1.165) is 28.7 Å². The van der Waals surface area contributed by atoms with Gasteiger partial charge in [0.2, 0.25) is 5.91 Å². The van der Waals surface area contributed by atoms with Gasteiger partial charge in [0.15, 0.2) is 0 Å². The Morgan fingerprint density at radius 2 is 1.88 bits per heavy atom. The maximum Gasteiger partial charge on any atom is 0.268 e. The Labute approximate surface area is 144 Å². The lowest BCUT2D eigenvalue weighted by atomic mass is 10.2. The molecule has 2 aromatic carbocycles. The number of hydrogen-bond donors (Lipinski definition) is 0. The number of hydrogen-bond acceptors (Lipinski definition) is 3. The number of fused-ring (bicyclic) bond motifs is 2. The largest absolute Gasteiger partial charge is 0.312 e. The summed E-state index contributed by atoms with van der Waals surface area (Å²) in [6.45, 7) is 1.36. The van der Waals surface area contributed by atoms with Crippen LogP contribution in [0.3, 0.4) is 0 Å². The number of carbonyl (C=O) groups excluding carboxylic acids is 1. The summed E-state index contributed by atoms with van der Waals surface area (Å²) in [4.78, 5) is 26.7. The maximum absolute atomic E-state index is 12.5. The monoisotopic (exact) mass is 338 g/mol. The molecule has 1 aliphatic rings. The number of aryl methyl sites for hydroxylation is 1. The van der Waals surface area contributed by atoms with Crippen molar-refractivity contribution in [2.45, 2.75) is 25.8 Å². The molecule has 0 saturated carbocycles. The molecule has 4 nitrogen and oxygen atoms in total. The summed E-state index contributed by atoms with van der Waals surface area (Å²) >= 11 is 1.48. The molecule has 1 amide bonds. The zero-order valence-electron chi connectivity index (χ0n) is 13.3. The first-order valence-electron chi connectivity index (χ1n) is 8.21. The van der Waals surface area contributed by atoms with Gasteiger partial charge in [-0.15, -0.1) is 0 Å². The predicted molar refractivity (Wildman–Crippen MR) is 97.8 cm³/mol. The van der Waals surface area contributed by atoms with Crippen LogP contribution < -0.4 is 10.5 Å². The number of aromatic nitrogens is 1. The molecule has 0 fully saturated rings. The quantitative estimate of drug-likeness (QED) is 0.731. The number of para-hydroxylation sites is 1. The molecule has 122 valence electrons. The number of carbonyl (C=O) groups is 1. The summed E-state index contributed by atoms with van der Waals surface area (Å²) in [5.41, 5.74) is 2.34. The van der Waals surface area contributed by atoms with Gasteiger partial charge in [0.05, 0.1) is 10.1 Å². The molecule has 1 aromatic heterocycles. The number of rotatable bonds is 4. The number of anilines is 1. The second-order valence-electron chi connectivity index (χ2n) is 6.02. The predicted octanol–water partition coefficient (Wildman–Crippen LogP) is 3.43. The highest BCUT2D eigenvalue weighted by atomic mass is 32.1. The van der Waals surface area contributed by atoms with E-state index in [1.165, 1.54) is 17.1 Å². The molecular formula is C19H18N2O2S. The molecule has 0 bridgehead atoms. The third-order valence-corrected chi connectivity index (χ3v) is 5.61. The number of amides is 1. The first kappa shape index (κ1) is 15.1. The van der Waals surface area contributed by atoms with E-state index in [-0.39, 0.29) is 11.5 Å². The topological polar surface area (TPSA) is 42.3 Å². The molecule has 1 aliphatic heterocycles. The first-order valence-corrected chi connectivity index (χ1v) is 8.98. The van der Waals surface area contributed by atoms with Crippen LogP contribution in [0.15, 0.2) is 53.3 Å². The van der Waals surface area contributed by atoms with E-state index in [1.807, 2.05) is 47.4 Å². The summed E-state index contributed by atoms with van der Waals surface area (Å²) in [7, 11) is 0. The van der Waals surface area contributed by atoms with Crippen molar-refractivity contribution in [2.75, 3.05) is 11.4 Å². The van der Waals surface area contributed by atoms with Gasteiger partial charge in [0.25, 0.3) is 5.56 Å². The third kappa shape index (κ3) is 2.65. The van der Waals surface area contributed by atoms with Crippen molar-refractivity contribution in [2.24, 2.45) is 0 Å². The van der Waals surface area contributed by atoms with Gasteiger partial charge in [-0.3, -0.25) is 13.5 Å². The van der Waals surface area contributed by atoms with Crippen molar-refractivity contribution >= 4 is 33.2 Å². The standard InChI is InChI=1S/C19H18N2O2S/c22-18(20-13-11-14-6-1-3-8-16(14)20)10-5-12-21-19(23)15-7-2-4-9-17(15)24-21/h1-4,6-9H,5,10-13H2. The lowest BCUT2D eigenvalue weighted by molar-refractivity contribution is -0.118. The molecule has 4 rings (SSSR count). The molecule has 0 atom stereocenters. The van der Waals surface area contributed by atoms with Crippen LogP contribution in [-0.2, 0) is 17.8 Å². The Morgan fingerprint density at radius 3 is 2.75 bits per heavy atom. The van der Waals surface area contributed by atoms with Crippen molar-refractivity contribution in [1.29, 1.82) is 0 Å². The molecule has 0 saturated heterocycles. The van der Waals surface area contributed by atoms with Crippen molar-refractivity contribution in [1.82, 2.24) is 3.96 Å². The van der Waals surface area contributed by atoms with E-state index in [1.54, 1.807) is 3.96 Å². The average molecular weight is 338 g/mol. The van der Waals surface area contributed by atoms with E-state index >= 15 is 0 Å². The Hall–Kier alpha value is -2.40. The normalized spacial score (nSPS) is 13.4. The van der Waals surface area contributed by atoms with Crippen LogP contribution in [0.25, 0.3) is 10.1 Å². The van der Waals surface area contributed by atoms with E-state index in [4.69, 9.17) is 0 Å². The molecule has 2 heterocycles. The van der Waals surface area contributed by atoms with Gasteiger partial charge in [0.1, 0.15) is 0 Å². The Bertz CT molecular complexity index is 957. The molecule has 24 heavy (non-hydrogen) atoms. The van der Waals surface area contributed by atoms with Crippen molar-refractivity contribution in [3.8, 4) is 0 Å². The van der Waals surface area contributed by atoms with Crippen molar-refractivity contribution in [3.63, 3.8) is 0 Å². The zero-order chi connectivity index (χ0) is 16.5. The van der Waals surface area contributed by atoms with E-state index in [0.29, 0.717) is 19.4 Å². The van der Waals surface area contributed by atoms with E-state index < -0.39 is 0 Å². The molecular weight excluding hydrogens is 320 g/mol. The SMILES string of the molecule is O=C(CCCn1sc2ccccc2c1=O)N1CCc2ccccc21. The van der Waals surface area contributed by atoms with Crippen molar-refractivity contribution < 1.29 is 4.79 Å². The summed E-state index contributed by atoms with van der Waals surface area (Å²) in [5.74, 6) is 0.147. The van der Waals surface area contributed by atoms with Gasteiger partial charge in [0, 0.05) is 25.2 Å². The van der Waals surface area contributed by atoms with E-state index in [9.17, 15) is 9.59 Å². The van der Waals surface area contributed by atoms with Gasteiger partial charge in [-0.2, -0.15) is 0 Å². The molecule has 0 aliphatic carbocycles. The van der Waals surface area contributed by atoms with Crippen molar-refractivity contribution in [3.05, 3.63) is 64.4 Å². The molecule has 0 unspecified atom stereocenters. The second kappa shape index (κ2) is 6.24. The molecule has 3 aromatic rings. The fourth-order valence-electron chi connectivity index (χ4n) is 3.27. The minimum Gasteiger partial charge on any atom is -0.312 e. The number of benzene rings is 2. The fraction of sp³-hybridized carbons (Fsp3) is 0.263. The minimum absolute atomic E-state index is 0.0505. The highest BCUT2D eigenvalue weighted by Crippen LogP contribution is 2.28. The minimum atomic E-state index is 0.0505. The molecule has 0 spiro atoms. The fourth-order valence-corrected chi connectivity index (χ4v) is 4.30. The van der Waals surface area contributed by atoms with Crippen LogP contribution in [-0.4, -0.2) is 16.4 Å². The van der Waals surface area contributed by atoms with Crippen LogP contribution in [0.4, 0.5) is 5.69 Å². The zero-order valence-corrected chi connectivity index (χ0v) is 14.1. The van der Waals surface area contributed by atoms with Crippen LogP contribution >= 0.6 is 11.5 Å². The van der Waals surface area contributed by atoms with Crippen LogP contribution in [0.1, 0.15) is 18.4 Å². The molecule has 0 N–H and O–H groups in total. The van der Waals surface area contributed by atoms with Gasteiger partial charge >= 0.3 is 0 Å². The molecule has 0 radical (unpaired) electrons. The van der Waals surface area contributed by atoms with Gasteiger partial charge < -0.3 is 4.90 Å². The molecule has 5 heteroatoms. The number of nitrogens with zero attached hydrogens (tertiary/aromatic N) is 2. The lowest BCUT2D eigenvalue weighted by Gasteiger charge is -2.17. The Kier molecular flexibility index (Phi) is 3.94. The van der Waals surface area contributed by atoms with Crippen LogP contribution in [0.2, 0.25) is 0 Å². The average Bonchev–Trinajstić information content (AvgIpc) is 3.17. The van der Waals surface area contributed by atoms with Gasteiger partial charge in [-0.1, -0.05) is 41.9 Å². The smallest absolute Gasteiger partial charge is 0.268 e. The summed E-state index contributed by atoms with van der Waals surface area (Å²) in [6, 6.07) is 15.7. The maximum atomic E-state index is 12.5. The van der Waals surface area contributed by atoms with Gasteiger partial charge in [-0.25, -0.2) is 0 Å².